The second-order valence-corrected chi connectivity index (χ2v) is 9.20. The maximum Gasteiger partial charge on any atom is 0.246 e. The van der Waals surface area contributed by atoms with Crippen LogP contribution in [0.4, 0.5) is 0 Å². The van der Waals surface area contributed by atoms with Crippen molar-refractivity contribution in [3.8, 4) is 5.75 Å². The number of nitrogens with zero attached hydrogens (tertiary/aromatic N) is 1. The Kier molecular flexibility index (Phi) is 8.09. The van der Waals surface area contributed by atoms with Gasteiger partial charge < -0.3 is 15.1 Å². The average Bonchev–Trinajstić information content (AvgIpc) is 2.55. The number of aromatic hydroxyl groups is 1. The number of carbonyl (C=O) groups excluding carboxylic acids is 1. The lowest BCUT2D eigenvalue weighted by molar-refractivity contribution is -0.126. The van der Waals surface area contributed by atoms with Crippen molar-refractivity contribution in [2.24, 2.45) is 0 Å². The highest BCUT2D eigenvalue weighted by atomic mass is 16.3. The molecule has 0 atom stereocenters. The number of carbonyl (C=O) groups is 1. The summed E-state index contributed by atoms with van der Waals surface area (Å²) in [6.45, 7) is 15.5. The van der Waals surface area contributed by atoms with E-state index in [2.05, 4.69) is 48.5 Å². The van der Waals surface area contributed by atoms with Crippen molar-refractivity contribution in [3.05, 3.63) is 34.9 Å². The molecule has 0 saturated heterocycles. The number of aliphatic hydroxyl groups is 1. The van der Waals surface area contributed by atoms with E-state index in [0.717, 1.165) is 29.5 Å². The third-order valence-electron chi connectivity index (χ3n) is 4.63. The molecule has 0 bridgehead atoms. The molecule has 1 amide bonds. The van der Waals surface area contributed by atoms with Crippen LogP contribution in [-0.4, -0.2) is 40.7 Å². The molecular weight excluding hydrogens is 338 g/mol. The fraction of sp³-hybridized carbons (Fsp3) is 0.609. The molecule has 4 heteroatoms. The second kappa shape index (κ2) is 9.41. The lowest BCUT2D eigenvalue weighted by atomic mass is 9.78. The van der Waals surface area contributed by atoms with Crippen LogP contribution in [0.25, 0.3) is 6.08 Å². The van der Waals surface area contributed by atoms with Crippen LogP contribution in [0.3, 0.4) is 0 Å². The lowest BCUT2D eigenvalue weighted by Gasteiger charge is -2.28. The molecule has 0 aliphatic carbocycles. The first kappa shape index (κ1) is 23.2. The Morgan fingerprint density at radius 3 is 1.96 bits per heavy atom. The summed E-state index contributed by atoms with van der Waals surface area (Å²) in [7, 11) is 0. The number of amides is 1. The van der Waals surface area contributed by atoms with E-state index < -0.39 is 0 Å². The largest absolute Gasteiger partial charge is 0.507 e. The molecular formula is C23H37NO3. The van der Waals surface area contributed by atoms with Gasteiger partial charge in [0.15, 0.2) is 0 Å². The number of unbranched alkanes of at least 4 members (excludes halogenated alkanes) is 1. The Hall–Kier alpha value is -1.81. The molecule has 0 fully saturated rings. The van der Waals surface area contributed by atoms with E-state index in [0.29, 0.717) is 18.8 Å². The number of phenolic OH excluding ortho intramolecular Hbond substituents is 1. The van der Waals surface area contributed by atoms with Crippen LogP contribution < -0.4 is 0 Å². The summed E-state index contributed by atoms with van der Waals surface area (Å²) < 4.78 is 0. The van der Waals surface area contributed by atoms with Gasteiger partial charge in [-0.2, -0.15) is 0 Å². The van der Waals surface area contributed by atoms with E-state index in [4.69, 9.17) is 0 Å². The fourth-order valence-electron chi connectivity index (χ4n) is 2.97. The molecule has 2 N–H and O–H groups in total. The standard InChI is InChI=1S/C23H37NO3/c1-8-9-12-24(13-14-25)20(26)11-10-17-15-18(22(2,3)4)21(27)19(16-17)23(5,6)7/h10-11,15-16,25,27H,8-9,12-14H2,1-7H3/b11-10+. The van der Waals surface area contributed by atoms with Crippen molar-refractivity contribution >= 4 is 12.0 Å². The fourth-order valence-corrected chi connectivity index (χ4v) is 2.97. The zero-order chi connectivity index (χ0) is 20.8. The van der Waals surface area contributed by atoms with Gasteiger partial charge in [-0.25, -0.2) is 0 Å². The minimum absolute atomic E-state index is 0.0369. The first-order valence-electron chi connectivity index (χ1n) is 9.87. The maximum absolute atomic E-state index is 12.5. The van der Waals surface area contributed by atoms with E-state index in [1.165, 1.54) is 0 Å². The summed E-state index contributed by atoms with van der Waals surface area (Å²) >= 11 is 0. The van der Waals surface area contributed by atoms with Crippen LogP contribution >= 0.6 is 0 Å². The number of aliphatic hydroxyl groups excluding tert-OH is 1. The first-order valence-corrected chi connectivity index (χ1v) is 9.87. The van der Waals surface area contributed by atoms with E-state index in [-0.39, 0.29) is 23.3 Å². The second-order valence-electron chi connectivity index (χ2n) is 9.20. The van der Waals surface area contributed by atoms with Crippen LogP contribution in [0.1, 0.15) is 78.0 Å². The van der Waals surface area contributed by atoms with Crippen molar-refractivity contribution in [1.29, 1.82) is 0 Å². The van der Waals surface area contributed by atoms with Crippen molar-refractivity contribution in [2.45, 2.75) is 72.1 Å². The third kappa shape index (κ3) is 6.69. The molecule has 0 unspecified atom stereocenters. The predicted molar refractivity (Wildman–Crippen MR) is 113 cm³/mol. The first-order chi connectivity index (χ1) is 12.4. The van der Waals surface area contributed by atoms with E-state index in [1.807, 2.05) is 18.2 Å². The number of hydrogen-bond acceptors (Lipinski definition) is 3. The van der Waals surface area contributed by atoms with Crippen LogP contribution in [0.2, 0.25) is 0 Å². The number of hydrogen-bond donors (Lipinski definition) is 2. The average molecular weight is 376 g/mol. The molecule has 1 rings (SSSR count). The van der Waals surface area contributed by atoms with Gasteiger partial charge in [-0.15, -0.1) is 0 Å². The Labute approximate surface area is 164 Å². The van der Waals surface area contributed by atoms with Crippen molar-refractivity contribution in [2.75, 3.05) is 19.7 Å². The van der Waals surface area contributed by atoms with Gasteiger partial charge in [-0.1, -0.05) is 54.9 Å². The van der Waals surface area contributed by atoms with Gasteiger partial charge in [-0.3, -0.25) is 4.79 Å². The summed E-state index contributed by atoms with van der Waals surface area (Å²) in [4.78, 5) is 14.2. The summed E-state index contributed by atoms with van der Waals surface area (Å²) in [5, 5.41) is 20.0. The van der Waals surface area contributed by atoms with Gasteiger partial charge in [0.2, 0.25) is 5.91 Å². The molecule has 1 aromatic rings. The Morgan fingerprint density at radius 2 is 1.56 bits per heavy atom. The van der Waals surface area contributed by atoms with E-state index in [1.54, 1.807) is 11.0 Å². The van der Waals surface area contributed by atoms with Crippen LogP contribution in [0, 0.1) is 0 Å². The molecule has 0 spiro atoms. The molecule has 27 heavy (non-hydrogen) atoms. The maximum atomic E-state index is 12.5. The Bertz CT molecular complexity index is 628. The molecule has 0 aliphatic rings. The number of rotatable bonds is 7. The highest BCUT2D eigenvalue weighted by Crippen LogP contribution is 2.40. The number of benzene rings is 1. The molecule has 4 nitrogen and oxygen atoms in total. The monoisotopic (exact) mass is 375 g/mol. The quantitative estimate of drug-likeness (QED) is 0.684. The summed E-state index contributed by atoms with van der Waals surface area (Å²) in [6, 6.07) is 3.91. The summed E-state index contributed by atoms with van der Waals surface area (Å²) in [5.41, 5.74) is 2.24. The van der Waals surface area contributed by atoms with Gasteiger partial charge in [0, 0.05) is 30.3 Å². The summed E-state index contributed by atoms with van der Waals surface area (Å²) in [5.74, 6) is 0.239. The van der Waals surface area contributed by atoms with E-state index >= 15 is 0 Å². The molecule has 0 aliphatic heterocycles. The predicted octanol–water partition coefficient (Wildman–Crippen LogP) is 4.62. The van der Waals surface area contributed by atoms with Crippen LogP contribution in [0.5, 0.6) is 5.75 Å². The molecule has 0 radical (unpaired) electrons. The van der Waals surface area contributed by atoms with Crippen molar-refractivity contribution < 1.29 is 15.0 Å². The minimum atomic E-state index is -0.206. The van der Waals surface area contributed by atoms with Gasteiger partial charge in [0.25, 0.3) is 0 Å². The molecule has 1 aromatic carbocycles. The topological polar surface area (TPSA) is 60.8 Å². The molecule has 0 heterocycles. The highest BCUT2D eigenvalue weighted by Gasteiger charge is 2.26. The smallest absolute Gasteiger partial charge is 0.246 e. The molecule has 152 valence electrons. The van der Waals surface area contributed by atoms with Crippen LogP contribution in [-0.2, 0) is 15.6 Å². The Morgan fingerprint density at radius 1 is 1.04 bits per heavy atom. The van der Waals surface area contributed by atoms with Crippen molar-refractivity contribution in [1.82, 2.24) is 4.90 Å². The normalized spacial score (nSPS) is 12.6. The zero-order valence-electron chi connectivity index (χ0n) is 18.1. The van der Waals surface area contributed by atoms with Gasteiger partial charge in [0.1, 0.15) is 5.75 Å². The SMILES string of the molecule is CCCCN(CCO)C(=O)/C=C/c1cc(C(C)(C)C)c(O)c(C(C)(C)C)c1. The highest BCUT2D eigenvalue weighted by molar-refractivity contribution is 5.92. The molecule has 0 aromatic heterocycles. The Balaban J connectivity index is 3.25. The number of phenols is 1. The van der Waals surface area contributed by atoms with Gasteiger partial charge in [-0.05, 0) is 41.0 Å². The molecule has 0 saturated carbocycles. The van der Waals surface area contributed by atoms with Crippen LogP contribution in [0.15, 0.2) is 18.2 Å². The summed E-state index contributed by atoms with van der Waals surface area (Å²) in [6.07, 6.45) is 5.29. The van der Waals surface area contributed by atoms with Gasteiger partial charge in [0.05, 0.1) is 6.61 Å². The zero-order valence-corrected chi connectivity index (χ0v) is 18.1. The lowest BCUT2D eigenvalue weighted by Crippen LogP contribution is -2.33. The third-order valence-corrected chi connectivity index (χ3v) is 4.63. The van der Waals surface area contributed by atoms with Crippen molar-refractivity contribution in [3.63, 3.8) is 0 Å². The van der Waals surface area contributed by atoms with Gasteiger partial charge >= 0.3 is 0 Å². The minimum Gasteiger partial charge on any atom is -0.507 e. The van der Waals surface area contributed by atoms with E-state index in [9.17, 15) is 15.0 Å².